The summed E-state index contributed by atoms with van der Waals surface area (Å²) >= 11 is 6.15. The molecule has 2 unspecified atom stereocenters. The number of epoxide rings is 1. The quantitative estimate of drug-likeness (QED) is 0.370. The third kappa shape index (κ3) is 5.37. The molecule has 2 aromatic carbocycles. The fourth-order valence-electron chi connectivity index (χ4n) is 3.42. The van der Waals surface area contributed by atoms with Crippen LogP contribution in [0.2, 0.25) is 5.02 Å². The van der Waals surface area contributed by atoms with Gasteiger partial charge in [-0.15, -0.1) is 13.2 Å². The molecule has 180 valence electrons. The van der Waals surface area contributed by atoms with Crippen molar-refractivity contribution < 1.29 is 40.6 Å². The molecule has 2 atom stereocenters. The zero-order chi connectivity index (χ0) is 24.7. The van der Waals surface area contributed by atoms with Crippen LogP contribution in [0.1, 0.15) is 29.0 Å². The first-order valence-electron chi connectivity index (χ1n) is 9.87. The predicted octanol–water partition coefficient (Wildman–Crippen LogP) is 4.51. The maximum atomic E-state index is 12.9. The Kier molecular flexibility index (Phi) is 6.36. The SMILES string of the molecule is CO[n+]1cc(C2OC2c2cc(Cl)ccc2NS(=O)(=O)c2ccc(OC(F)(F)F)cc2)ccc1C. The Bertz CT molecular complexity index is 1320. The molecule has 0 bridgehead atoms. The molecule has 1 aliphatic rings. The molecule has 3 aromatic rings. The summed E-state index contributed by atoms with van der Waals surface area (Å²) in [4.78, 5) is 5.03. The van der Waals surface area contributed by atoms with E-state index in [2.05, 4.69) is 9.46 Å². The Morgan fingerprint density at radius 2 is 1.76 bits per heavy atom. The van der Waals surface area contributed by atoms with Gasteiger partial charge in [-0.1, -0.05) is 11.6 Å². The first kappa shape index (κ1) is 24.1. The Labute approximate surface area is 198 Å². The predicted molar refractivity (Wildman–Crippen MR) is 116 cm³/mol. The van der Waals surface area contributed by atoms with E-state index in [4.69, 9.17) is 21.2 Å². The van der Waals surface area contributed by atoms with Crippen molar-refractivity contribution in [3.63, 3.8) is 0 Å². The lowest BCUT2D eigenvalue weighted by Gasteiger charge is -2.13. The van der Waals surface area contributed by atoms with Gasteiger partial charge >= 0.3 is 6.36 Å². The number of halogens is 4. The summed E-state index contributed by atoms with van der Waals surface area (Å²) in [5, 5.41) is 0.386. The van der Waals surface area contributed by atoms with Crippen molar-refractivity contribution in [2.75, 3.05) is 11.8 Å². The summed E-state index contributed by atoms with van der Waals surface area (Å²) in [6, 6.07) is 12.3. The van der Waals surface area contributed by atoms with E-state index in [1.165, 1.54) is 19.2 Å². The summed E-state index contributed by atoms with van der Waals surface area (Å²) in [7, 11) is -2.59. The molecular formula is C22H19ClF3N2O5S+. The van der Waals surface area contributed by atoms with Gasteiger partial charge in [-0.05, 0) is 48.5 Å². The number of ether oxygens (including phenoxy) is 2. The zero-order valence-electron chi connectivity index (χ0n) is 17.8. The van der Waals surface area contributed by atoms with Gasteiger partial charge in [0, 0.05) is 28.3 Å². The van der Waals surface area contributed by atoms with Crippen molar-refractivity contribution in [1.29, 1.82) is 0 Å². The molecule has 34 heavy (non-hydrogen) atoms. The topological polar surface area (TPSA) is 81.0 Å². The first-order chi connectivity index (χ1) is 16.0. The second-order valence-electron chi connectivity index (χ2n) is 7.45. The van der Waals surface area contributed by atoms with Crippen LogP contribution in [-0.2, 0) is 14.8 Å². The molecule has 0 spiro atoms. The minimum Gasteiger partial charge on any atom is -0.406 e. The molecular weight excluding hydrogens is 497 g/mol. The number of nitrogens with one attached hydrogen (secondary N) is 1. The number of rotatable bonds is 7. The lowest BCUT2D eigenvalue weighted by atomic mass is 10.0. The van der Waals surface area contributed by atoms with Crippen molar-refractivity contribution >= 4 is 27.3 Å². The minimum atomic E-state index is -4.88. The molecule has 0 saturated carbocycles. The van der Waals surface area contributed by atoms with E-state index < -0.39 is 28.2 Å². The maximum Gasteiger partial charge on any atom is 0.573 e. The van der Waals surface area contributed by atoms with E-state index in [0.29, 0.717) is 10.6 Å². The van der Waals surface area contributed by atoms with Gasteiger partial charge in [-0.25, -0.2) is 8.42 Å². The fraction of sp³-hybridized carbons (Fsp3) is 0.227. The summed E-state index contributed by atoms with van der Waals surface area (Å²) in [6.45, 7) is 1.88. The monoisotopic (exact) mass is 515 g/mol. The molecule has 1 saturated heterocycles. The van der Waals surface area contributed by atoms with Crippen LogP contribution in [0.15, 0.2) is 65.7 Å². The second kappa shape index (κ2) is 8.97. The fourth-order valence-corrected chi connectivity index (χ4v) is 4.69. The van der Waals surface area contributed by atoms with E-state index in [9.17, 15) is 21.6 Å². The van der Waals surface area contributed by atoms with Crippen LogP contribution in [0, 0.1) is 6.92 Å². The van der Waals surface area contributed by atoms with Crippen LogP contribution in [0.4, 0.5) is 18.9 Å². The Hall–Kier alpha value is -3.02. The van der Waals surface area contributed by atoms with E-state index in [0.717, 1.165) is 35.5 Å². The van der Waals surface area contributed by atoms with E-state index in [1.54, 1.807) is 17.0 Å². The number of alkyl halides is 3. The number of anilines is 1. The van der Waals surface area contributed by atoms with Crippen molar-refractivity contribution in [3.8, 4) is 5.75 Å². The molecule has 1 aliphatic heterocycles. The zero-order valence-corrected chi connectivity index (χ0v) is 19.4. The number of hydrogen-bond acceptors (Lipinski definition) is 5. The molecule has 0 aliphatic carbocycles. The summed E-state index contributed by atoms with van der Waals surface area (Å²) in [6.07, 6.45) is -3.91. The van der Waals surface area contributed by atoms with Crippen molar-refractivity contribution in [2.45, 2.75) is 30.4 Å². The molecule has 7 nitrogen and oxygen atoms in total. The number of pyridine rings is 1. The molecule has 12 heteroatoms. The molecule has 2 heterocycles. The Morgan fingerprint density at radius 3 is 2.41 bits per heavy atom. The van der Waals surface area contributed by atoms with Gasteiger partial charge in [0.25, 0.3) is 10.0 Å². The van der Waals surface area contributed by atoms with Crippen LogP contribution in [0.25, 0.3) is 0 Å². The average Bonchev–Trinajstić information content (AvgIpc) is 3.55. The highest BCUT2D eigenvalue weighted by atomic mass is 35.5. The van der Waals surface area contributed by atoms with Gasteiger partial charge in [0.15, 0.2) is 0 Å². The van der Waals surface area contributed by atoms with E-state index in [-0.39, 0.29) is 16.7 Å². The summed E-state index contributed by atoms with van der Waals surface area (Å²) in [5.41, 5.74) is 2.46. The number of hydrogen-bond donors (Lipinski definition) is 1. The lowest BCUT2D eigenvalue weighted by molar-refractivity contribution is -0.889. The summed E-state index contributed by atoms with van der Waals surface area (Å²) in [5.74, 6) is -0.528. The normalized spacial score (nSPS) is 17.8. The van der Waals surface area contributed by atoms with Crippen LogP contribution in [0.3, 0.4) is 0 Å². The highest BCUT2D eigenvalue weighted by Gasteiger charge is 2.45. The molecule has 4 rings (SSSR count). The van der Waals surface area contributed by atoms with Gasteiger partial charge in [-0.3, -0.25) is 9.56 Å². The average molecular weight is 516 g/mol. The third-order valence-electron chi connectivity index (χ3n) is 5.08. The lowest BCUT2D eigenvalue weighted by Crippen LogP contribution is -2.43. The van der Waals surface area contributed by atoms with Crippen molar-refractivity contribution in [2.24, 2.45) is 0 Å². The number of aryl methyl sites for hydroxylation is 1. The van der Waals surface area contributed by atoms with Crippen molar-refractivity contribution in [1.82, 2.24) is 0 Å². The van der Waals surface area contributed by atoms with Crippen molar-refractivity contribution in [3.05, 3.63) is 82.6 Å². The van der Waals surface area contributed by atoms with Gasteiger partial charge in [-0.2, -0.15) is 0 Å². The smallest absolute Gasteiger partial charge is 0.406 e. The van der Waals surface area contributed by atoms with Gasteiger partial charge in [0.1, 0.15) is 25.1 Å². The number of sulfonamides is 1. The largest absolute Gasteiger partial charge is 0.573 e. The number of nitrogens with zero attached hydrogens (tertiary/aromatic N) is 1. The number of aromatic nitrogens is 1. The standard InChI is InChI=1S/C22H19ClF3N2O5S/c1-13-3-4-14(12-28(13)31-2)20-21(32-20)18-11-15(23)5-10-19(18)27-34(29,30)17-8-6-16(7-9-17)33-22(24,25)26/h3-12,20-21,27H,1-2H3/q+1. The Morgan fingerprint density at radius 1 is 1.06 bits per heavy atom. The molecule has 1 aromatic heterocycles. The summed E-state index contributed by atoms with van der Waals surface area (Å²) < 4.78 is 76.5. The maximum absolute atomic E-state index is 12.9. The van der Waals surface area contributed by atoms with Gasteiger partial charge < -0.3 is 9.47 Å². The van der Waals surface area contributed by atoms with Crippen LogP contribution >= 0.6 is 11.6 Å². The molecule has 0 amide bonds. The van der Waals surface area contributed by atoms with E-state index >= 15 is 0 Å². The third-order valence-corrected chi connectivity index (χ3v) is 6.70. The minimum absolute atomic E-state index is 0.235. The molecule has 1 N–H and O–H groups in total. The van der Waals surface area contributed by atoms with Crippen LogP contribution in [0.5, 0.6) is 5.75 Å². The van der Waals surface area contributed by atoms with Crippen LogP contribution in [-0.4, -0.2) is 21.9 Å². The second-order valence-corrected chi connectivity index (χ2v) is 9.56. The first-order valence-corrected chi connectivity index (χ1v) is 11.7. The van der Waals surface area contributed by atoms with Crippen LogP contribution < -0.4 is 19.0 Å². The number of benzene rings is 2. The highest BCUT2D eigenvalue weighted by Crippen LogP contribution is 2.53. The van der Waals surface area contributed by atoms with E-state index in [1.807, 2.05) is 19.1 Å². The van der Waals surface area contributed by atoms with Gasteiger partial charge in [0.2, 0.25) is 11.9 Å². The van der Waals surface area contributed by atoms with Gasteiger partial charge in [0.05, 0.1) is 16.1 Å². The highest BCUT2D eigenvalue weighted by molar-refractivity contribution is 7.92. The molecule has 0 radical (unpaired) electrons. The Balaban J connectivity index is 1.57. The molecule has 1 fully saturated rings.